The van der Waals surface area contributed by atoms with Crippen LogP contribution in [0.25, 0.3) is 0 Å². The molecule has 2 aliphatic heterocycles. The number of aliphatic imine (C=N–C) groups is 2. The van der Waals surface area contributed by atoms with E-state index in [-0.39, 0.29) is 17.3 Å². The lowest BCUT2D eigenvalue weighted by molar-refractivity contribution is -0.119. The Labute approximate surface area is 160 Å². The maximum atomic E-state index is 12.3. The zero-order chi connectivity index (χ0) is 19.4. The van der Waals surface area contributed by atoms with E-state index in [1.165, 1.54) is 6.42 Å². The second-order valence-electron chi connectivity index (χ2n) is 8.53. The molecule has 7 nitrogen and oxygen atoms in total. The molecule has 0 saturated heterocycles. The molecular weight excluding hydrogens is 340 g/mol. The molecule has 0 radical (unpaired) electrons. The number of hydrogen-bond acceptors (Lipinski definition) is 6. The van der Waals surface area contributed by atoms with E-state index >= 15 is 0 Å². The molecule has 3 aliphatic rings. The number of guanidine groups is 2. The van der Waals surface area contributed by atoms with Crippen LogP contribution < -0.4 is 21.3 Å². The number of anilines is 2. The first-order valence-electron chi connectivity index (χ1n) is 9.64. The fourth-order valence-corrected chi connectivity index (χ4v) is 4.72. The molecule has 2 heterocycles. The number of hydrogen-bond donors (Lipinski definition) is 2. The van der Waals surface area contributed by atoms with Gasteiger partial charge in [-0.25, -0.2) is 4.99 Å². The largest absolute Gasteiger partial charge is 0.369 e. The molecule has 4 N–H and O–H groups in total. The van der Waals surface area contributed by atoms with E-state index in [0.717, 1.165) is 42.6 Å². The van der Waals surface area contributed by atoms with Gasteiger partial charge in [0.1, 0.15) is 5.66 Å². The summed E-state index contributed by atoms with van der Waals surface area (Å²) in [6.45, 7) is 4.22. The summed E-state index contributed by atoms with van der Waals surface area (Å²) in [6.07, 6.45) is 5.68. The summed E-state index contributed by atoms with van der Waals surface area (Å²) in [5.41, 5.74) is 14.7. The van der Waals surface area contributed by atoms with Crippen LogP contribution in [-0.2, 0) is 10.2 Å². The molecule has 1 aromatic carbocycles. The molecule has 4 rings (SSSR count). The van der Waals surface area contributed by atoms with Gasteiger partial charge in [-0.05, 0) is 49.4 Å². The first-order valence-corrected chi connectivity index (χ1v) is 9.64. The minimum atomic E-state index is -0.455. The fourth-order valence-electron chi connectivity index (χ4n) is 4.72. The topological polar surface area (TPSA) is 100 Å². The second kappa shape index (κ2) is 5.97. The molecule has 1 saturated carbocycles. The SMILES string of the molecule is CN1C(=O)CC(C)(C)c2cc(N3C(N)=NC(N)=NC34CCCCC4)ccc21. The molecule has 0 atom stereocenters. The van der Waals surface area contributed by atoms with Crippen molar-refractivity contribution in [1.82, 2.24) is 0 Å². The number of benzene rings is 1. The zero-order valence-corrected chi connectivity index (χ0v) is 16.3. The van der Waals surface area contributed by atoms with Gasteiger partial charge in [-0.1, -0.05) is 20.3 Å². The van der Waals surface area contributed by atoms with Crippen molar-refractivity contribution in [3.05, 3.63) is 23.8 Å². The van der Waals surface area contributed by atoms with Crippen molar-refractivity contribution in [3.8, 4) is 0 Å². The van der Waals surface area contributed by atoms with Gasteiger partial charge in [-0.3, -0.25) is 9.69 Å². The van der Waals surface area contributed by atoms with E-state index in [1.807, 2.05) is 19.2 Å². The van der Waals surface area contributed by atoms with Crippen molar-refractivity contribution < 1.29 is 4.79 Å². The smallest absolute Gasteiger partial charge is 0.227 e. The number of fused-ring (bicyclic) bond motifs is 1. The minimum Gasteiger partial charge on any atom is -0.369 e. The lowest BCUT2D eigenvalue weighted by Crippen LogP contribution is -2.58. The highest BCUT2D eigenvalue weighted by Crippen LogP contribution is 2.44. The molecule has 27 heavy (non-hydrogen) atoms. The molecular formula is C20H28N6O. The Kier molecular flexibility index (Phi) is 3.94. The number of nitrogens with two attached hydrogens (primary N) is 2. The van der Waals surface area contributed by atoms with E-state index in [4.69, 9.17) is 16.5 Å². The summed E-state index contributed by atoms with van der Waals surface area (Å²) in [7, 11) is 1.83. The molecule has 1 spiro atoms. The maximum Gasteiger partial charge on any atom is 0.227 e. The van der Waals surface area contributed by atoms with Gasteiger partial charge in [0, 0.05) is 30.3 Å². The Morgan fingerprint density at radius 1 is 1.11 bits per heavy atom. The number of carbonyl (C=O) groups is 1. The van der Waals surface area contributed by atoms with E-state index < -0.39 is 5.66 Å². The Morgan fingerprint density at radius 3 is 2.52 bits per heavy atom. The second-order valence-corrected chi connectivity index (χ2v) is 8.53. The average molecular weight is 368 g/mol. The molecule has 144 valence electrons. The predicted octanol–water partition coefficient (Wildman–Crippen LogP) is 2.44. The number of amides is 1. The van der Waals surface area contributed by atoms with Gasteiger partial charge in [0.2, 0.25) is 17.8 Å². The third-order valence-electron chi connectivity index (χ3n) is 6.15. The summed E-state index contributed by atoms with van der Waals surface area (Å²) in [4.78, 5) is 25.1. The first kappa shape index (κ1) is 17.8. The Hall–Kier alpha value is -2.57. The molecule has 1 amide bonds. The lowest BCUT2D eigenvalue weighted by Gasteiger charge is -2.46. The Bertz CT molecular complexity index is 850. The monoisotopic (exact) mass is 368 g/mol. The van der Waals surface area contributed by atoms with Crippen LogP contribution in [0.2, 0.25) is 0 Å². The predicted molar refractivity (Wildman–Crippen MR) is 109 cm³/mol. The van der Waals surface area contributed by atoms with Crippen molar-refractivity contribution in [2.75, 3.05) is 16.8 Å². The highest BCUT2D eigenvalue weighted by Gasteiger charge is 2.43. The molecule has 7 heteroatoms. The van der Waals surface area contributed by atoms with Crippen LogP contribution in [0.1, 0.15) is 57.9 Å². The Balaban J connectivity index is 1.83. The summed E-state index contributed by atoms with van der Waals surface area (Å²) >= 11 is 0. The molecule has 0 aromatic heterocycles. The minimum absolute atomic E-state index is 0.139. The van der Waals surface area contributed by atoms with Gasteiger partial charge in [0.25, 0.3) is 0 Å². The van der Waals surface area contributed by atoms with Gasteiger partial charge in [0.05, 0.1) is 0 Å². The van der Waals surface area contributed by atoms with Crippen LogP contribution in [-0.4, -0.2) is 30.5 Å². The standard InChI is InChI=1S/C20H28N6O/c1-19(2)12-16(27)25(3)15-8-7-13(11-14(15)19)26-18(22)23-17(21)24-20(26)9-5-4-6-10-20/h7-8,11H,4-6,9-10,12H2,1-3H3,(H4,21,22,23,24). The van der Waals surface area contributed by atoms with Crippen LogP contribution >= 0.6 is 0 Å². The normalized spacial score (nSPS) is 23.7. The lowest BCUT2D eigenvalue weighted by atomic mass is 9.77. The van der Waals surface area contributed by atoms with Gasteiger partial charge < -0.3 is 16.4 Å². The van der Waals surface area contributed by atoms with Crippen LogP contribution in [0, 0.1) is 0 Å². The van der Waals surface area contributed by atoms with E-state index in [9.17, 15) is 4.79 Å². The van der Waals surface area contributed by atoms with Crippen molar-refractivity contribution in [3.63, 3.8) is 0 Å². The molecule has 1 aliphatic carbocycles. The summed E-state index contributed by atoms with van der Waals surface area (Å²) in [5.74, 6) is 0.789. The van der Waals surface area contributed by atoms with E-state index in [0.29, 0.717) is 12.4 Å². The average Bonchev–Trinajstić information content (AvgIpc) is 2.59. The molecule has 1 aromatic rings. The van der Waals surface area contributed by atoms with Crippen LogP contribution in [0.4, 0.5) is 11.4 Å². The summed E-state index contributed by atoms with van der Waals surface area (Å²) < 4.78 is 0. The van der Waals surface area contributed by atoms with E-state index in [1.54, 1.807) is 4.90 Å². The van der Waals surface area contributed by atoms with Crippen molar-refractivity contribution in [2.24, 2.45) is 21.5 Å². The van der Waals surface area contributed by atoms with Crippen LogP contribution in [0.5, 0.6) is 0 Å². The maximum absolute atomic E-state index is 12.3. The van der Waals surface area contributed by atoms with Crippen molar-refractivity contribution >= 4 is 29.2 Å². The summed E-state index contributed by atoms with van der Waals surface area (Å²) in [5, 5.41) is 0. The van der Waals surface area contributed by atoms with Crippen molar-refractivity contribution in [2.45, 2.75) is 63.5 Å². The first-order chi connectivity index (χ1) is 12.7. The molecule has 0 bridgehead atoms. The van der Waals surface area contributed by atoms with E-state index in [2.05, 4.69) is 29.8 Å². The van der Waals surface area contributed by atoms with Crippen molar-refractivity contribution in [1.29, 1.82) is 0 Å². The van der Waals surface area contributed by atoms with Crippen LogP contribution in [0.15, 0.2) is 28.2 Å². The fraction of sp³-hybridized carbons (Fsp3) is 0.550. The van der Waals surface area contributed by atoms with Gasteiger partial charge in [-0.2, -0.15) is 4.99 Å². The quantitative estimate of drug-likeness (QED) is 0.795. The zero-order valence-electron chi connectivity index (χ0n) is 16.3. The molecule has 0 unspecified atom stereocenters. The van der Waals surface area contributed by atoms with Gasteiger partial charge >= 0.3 is 0 Å². The molecule has 1 fully saturated rings. The van der Waals surface area contributed by atoms with Crippen LogP contribution in [0.3, 0.4) is 0 Å². The van der Waals surface area contributed by atoms with Gasteiger partial charge in [0.15, 0.2) is 0 Å². The van der Waals surface area contributed by atoms with Gasteiger partial charge in [-0.15, -0.1) is 0 Å². The third-order valence-corrected chi connectivity index (χ3v) is 6.15. The third kappa shape index (κ3) is 2.76. The summed E-state index contributed by atoms with van der Waals surface area (Å²) in [6, 6.07) is 6.17. The highest BCUT2D eigenvalue weighted by molar-refractivity contribution is 6.06. The Morgan fingerprint density at radius 2 is 1.81 bits per heavy atom. The number of carbonyl (C=O) groups excluding carboxylic acids is 1. The number of nitrogens with zero attached hydrogens (tertiary/aromatic N) is 4. The highest BCUT2D eigenvalue weighted by atomic mass is 16.2. The number of rotatable bonds is 1.